The number of Topliss-reactive ketones (excluding diaryl/α,β-unsaturated/α-hetero) is 1. The fourth-order valence-electron chi connectivity index (χ4n) is 0.519. The van der Waals surface area contributed by atoms with Gasteiger partial charge in [0, 0.05) is 18.9 Å². The Kier molecular flexibility index (Phi) is 5.83. The summed E-state index contributed by atoms with van der Waals surface area (Å²) in [6.45, 7) is 3.63. The highest BCUT2D eigenvalue weighted by Gasteiger charge is 1.81. The Morgan fingerprint density at radius 2 is 2.17 bits per heavy atom. The van der Waals surface area contributed by atoms with Crippen molar-refractivity contribution in [3.05, 3.63) is 30.1 Å². The van der Waals surface area contributed by atoms with Gasteiger partial charge in [-0.15, -0.1) is 0 Å². The van der Waals surface area contributed by atoms with Crippen LogP contribution in [-0.4, -0.2) is 10.8 Å². The Bertz CT molecular complexity index is 217. The third-order valence-electron chi connectivity index (χ3n) is 0.958. The molecule has 2 N–H and O–H groups in total. The van der Waals surface area contributed by atoms with Crippen LogP contribution in [0, 0.1) is 0 Å². The molecule has 0 radical (unpaired) electrons. The maximum atomic E-state index is 9.44. The number of nitrogens with two attached hydrogens (primary N) is 1. The van der Waals surface area contributed by atoms with Gasteiger partial charge in [-0.25, -0.2) is 0 Å². The van der Waals surface area contributed by atoms with E-state index in [0.29, 0.717) is 6.54 Å². The third kappa shape index (κ3) is 6.89. The van der Waals surface area contributed by atoms with Crippen molar-refractivity contribution in [1.82, 2.24) is 4.98 Å². The molecule has 0 fully saturated rings. The first-order chi connectivity index (χ1) is 5.66. The molecule has 3 heteroatoms. The quantitative estimate of drug-likeness (QED) is 0.680. The zero-order chi connectivity index (χ0) is 9.40. The second-order valence-electron chi connectivity index (χ2n) is 2.47. The van der Waals surface area contributed by atoms with Crippen LogP contribution >= 0.6 is 0 Å². The summed E-state index contributed by atoms with van der Waals surface area (Å²) >= 11 is 0. The minimum absolute atomic E-state index is 0.167. The van der Waals surface area contributed by atoms with Crippen molar-refractivity contribution in [1.29, 1.82) is 0 Å². The number of aromatic nitrogens is 1. The molecule has 66 valence electrons. The predicted octanol–water partition coefficient (Wildman–Crippen LogP) is 1.14. The molecule has 12 heavy (non-hydrogen) atoms. The number of pyridine rings is 1. The van der Waals surface area contributed by atoms with E-state index in [1.165, 1.54) is 13.8 Å². The average Bonchev–Trinajstić information content (AvgIpc) is 2.05. The van der Waals surface area contributed by atoms with Gasteiger partial charge < -0.3 is 10.5 Å². The molecule has 0 aliphatic carbocycles. The van der Waals surface area contributed by atoms with Crippen molar-refractivity contribution in [2.24, 2.45) is 5.73 Å². The summed E-state index contributed by atoms with van der Waals surface area (Å²) in [5.41, 5.74) is 6.39. The van der Waals surface area contributed by atoms with Crippen LogP contribution < -0.4 is 5.73 Å². The summed E-state index contributed by atoms with van der Waals surface area (Å²) in [6.07, 6.45) is 3.50. The van der Waals surface area contributed by atoms with E-state index in [4.69, 9.17) is 5.73 Å². The normalized spacial score (nSPS) is 8.25. The van der Waals surface area contributed by atoms with E-state index in [1.807, 2.05) is 12.1 Å². The lowest BCUT2D eigenvalue weighted by atomic mass is 10.3. The fourth-order valence-corrected chi connectivity index (χ4v) is 0.519. The van der Waals surface area contributed by atoms with Gasteiger partial charge >= 0.3 is 0 Å². The smallest absolute Gasteiger partial charge is 0.126 e. The van der Waals surface area contributed by atoms with Crippen LogP contribution in [-0.2, 0) is 11.3 Å². The van der Waals surface area contributed by atoms with Crippen LogP contribution in [0.5, 0.6) is 0 Å². The average molecular weight is 166 g/mol. The monoisotopic (exact) mass is 166 g/mol. The van der Waals surface area contributed by atoms with Crippen molar-refractivity contribution < 1.29 is 4.79 Å². The molecule has 1 aromatic heterocycles. The molecule has 0 saturated heterocycles. The maximum Gasteiger partial charge on any atom is 0.126 e. The van der Waals surface area contributed by atoms with Crippen LogP contribution in [0.15, 0.2) is 24.5 Å². The summed E-state index contributed by atoms with van der Waals surface area (Å²) in [5, 5.41) is 0. The molecule has 1 heterocycles. The number of carbonyl (C=O) groups is 1. The van der Waals surface area contributed by atoms with E-state index in [9.17, 15) is 4.79 Å². The van der Waals surface area contributed by atoms with Crippen molar-refractivity contribution >= 4 is 5.78 Å². The van der Waals surface area contributed by atoms with E-state index in [0.717, 1.165) is 5.56 Å². The number of nitrogens with zero attached hydrogens (tertiary/aromatic N) is 1. The predicted molar refractivity (Wildman–Crippen MR) is 48.5 cm³/mol. The molecule has 0 spiro atoms. The van der Waals surface area contributed by atoms with Gasteiger partial charge in [0.15, 0.2) is 0 Å². The second kappa shape index (κ2) is 6.49. The number of hydrogen-bond donors (Lipinski definition) is 1. The number of rotatable bonds is 1. The fraction of sp³-hybridized carbons (Fsp3) is 0.333. The SMILES string of the molecule is CC(C)=O.NCc1cccnc1. The Morgan fingerprint density at radius 3 is 2.42 bits per heavy atom. The first kappa shape index (κ1) is 10.8. The minimum atomic E-state index is 0.167. The van der Waals surface area contributed by atoms with E-state index in [1.54, 1.807) is 12.4 Å². The van der Waals surface area contributed by atoms with E-state index in [2.05, 4.69) is 4.98 Å². The highest BCUT2D eigenvalue weighted by Crippen LogP contribution is 1.90. The topological polar surface area (TPSA) is 56.0 Å². The highest BCUT2D eigenvalue weighted by molar-refractivity contribution is 5.72. The summed E-state index contributed by atoms with van der Waals surface area (Å²) in [4.78, 5) is 13.3. The molecule has 0 aromatic carbocycles. The summed E-state index contributed by atoms with van der Waals surface area (Å²) in [6, 6.07) is 3.83. The van der Waals surface area contributed by atoms with Crippen molar-refractivity contribution in [3.63, 3.8) is 0 Å². The summed E-state index contributed by atoms with van der Waals surface area (Å²) < 4.78 is 0. The second-order valence-corrected chi connectivity index (χ2v) is 2.47. The van der Waals surface area contributed by atoms with Crippen molar-refractivity contribution in [3.8, 4) is 0 Å². The molecule has 1 rings (SSSR count). The van der Waals surface area contributed by atoms with Crippen LogP contribution in [0.1, 0.15) is 19.4 Å². The lowest BCUT2D eigenvalue weighted by Gasteiger charge is -1.89. The Labute approximate surface area is 72.6 Å². The van der Waals surface area contributed by atoms with Gasteiger partial charge in [0.25, 0.3) is 0 Å². The molecular weight excluding hydrogens is 152 g/mol. The molecule has 0 saturated carbocycles. The third-order valence-corrected chi connectivity index (χ3v) is 0.958. The summed E-state index contributed by atoms with van der Waals surface area (Å²) in [5.74, 6) is 0.167. The lowest BCUT2D eigenvalue weighted by Crippen LogP contribution is -1.95. The standard InChI is InChI=1S/C6H8N2.C3H6O/c7-4-6-2-1-3-8-5-6;1-3(2)4/h1-3,5H,4,7H2;1-2H3. The van der Waals surface area contributed by atoms with Gasteiger partial charge in [0.05, 0.1) is 0 Å². The number of ketones is 1. The zero-order valence-corrected chi connectivity index (χ0v) is 7.45. The molecule has 3 nitrogen and oxygen atoms in total. The molecule has 0 aliphatic rings. The van der Waals surface area contributed by atoms with Gasteiger partial charge in [0.1, 0.15) is 5.78 Å². The Hall–Kier alpha value is -1.22. The molecule has 0 bridgehead atoms. The molecule has 0 unspecified atom stereocenters. The highest BCUT2D eigenvalue weighted by atomic mass is 16.1. The van der Waals surface area contributed by atoms with Gasteiger partial charge in [0.2, 0.25) is 0 Å². The van der Waals surface area contributed by atoms with Gasteiger partial charge in [-0.2, -0.15) is 0 Å². The van der Waals surface area contributed by atoms with Crippen molar-refractivity contribution in [2.45, 2.75) is 20.4 Å². The Morgan fingerprint density at radius 1 is 1.58 bits per heavy atom. The largest absolute Gasteiger partial charge is 0.326 e. The minimum Gasteiger partial charge on any atom is -0.326 e. The molecule has 1 aromatic rings. The maximum absolute atomic E-state index is 9.44. The van der Waals surface area contributed by atoms with Crippen LogP contribution in [0.3, 0.4) is 0 Å². The zero-order valence-electron chi connectivity index (χ0n) is 7.45. The first-order valence-electron chi connectivity index (χ1n) is 3.73. The van der Waals surface area contributed by atoms with Gasteiger partial charge in [-0.05, 0) is 25.5 Å². The van der Waals surface area contributed by atoms with E-state index >= 15 is 0 Å². The molecule has 0 aliphatic heterocycles. The van der Waals surface area contributed by atoms with Gasteiger partial charge in [-0.1, -0.05) is 6.07 Å². The van der Waals surface area contributed by atoms with E-state index in [-0.39, 0.29) is 5.78 Å². The molecule has 0 amide bonds. The van der Waals surface area contributed by atoms with E-state index < -0.39 is 0 Å². The molecule has 0 atom stereocenters. The van der Waals surface area contributed by atoms with Crippen LogP contribution in [0.4, 0.5) is 0 Å². The van der Waals surface area contributed by atoms with Crippen molar-refractivity contribution in [2.75, 3.05) is 0 Å². The van der Waals surface area contributed by atoms with Gasteiger partial charge in [-0.3, -0.25) is 4.98 Å². The summed E-state index contributed by atoms with van der Waals surface area (Å²) in [7, 11) is 0. The molecular formula is C9H14N2O. The first-order valence-corrected chi connectivity index (χ1v) is 3.73. The number of hydrogen-bond acceptors (Lipinski definition) is 3. The van der Waals surface area contributed by atoms with Crippen LogP contribution in [0.25, 0.3) is 0 Å². The number of carbonyl (C=O) groups excluding carboxylic acids is 1. The Balaban J connectivity index is 0.000000261. The van der Waals surface area contributed by atoms with Crippen LogP contribution in [0.2, 0.25) is 0 Å². The lowest BCUT2D eigenvalue weighted by molar-refractivity contribution is -0.114.